The van der Waals surface area contributed by atoms with Crippen LogP contribution in [0.2, 0.25) is 5.02 Å². The summed E-state index contributed by atoms with van der Waals surface area (Å²) >= 11 is 12.9. The number of carbonyl (C=O) groups is 1. The monoisotopic (exact) mass is 549 g/mol. The van der Waals surface area contributed by atoms with Gasteiger partial charge < -0.3 is 9.47 Å². The zero-order valence-corrected chi connectivity index (χ0v) is 22.2. The average molecular weight is 550 g/mol. The molecular formula is C27H20ClN3O4S2. The van der Waals surface area contributed by atoms with Gasteiger partial charge in [0, 0.05) is 6.20 Å². The van der Waals surface area contributed by atoms with Crippen LogP contribution in [-0.2, 0) is 11.3 Å². The number of para-hydroxylation sites is 1. The highest BCUT2D eigenvalue weighted by atomic mass is 35.5. The molecule has 5 rings (SSSR count). The average Bonchev–Trinajstić information content (AvgIpc) is 3.16. The summed E-state index contributed by atoms with van der Waals surface area (Å²) in [5.41, 5.74) is 1.87. The Labute approximate surface area is 227 Å². The van der Waals surface area contributed by atoms with Crippen molar-refractivity contribution in [2.24, 2.45) is 0 Å². The lowest BCUT2D eigenvalue weighted by molar-refractivity contribution is -0.122. The fourth-order valence-corrected chi connectivity index (χ4v) is 5.22. The molecule has 10 heteroatoms. The maximum absolute atomic E-state index is 13.6. The lowest BCUT2D eigenvalue weighted by Crippen LogP contribution is -2.27. The number of aryl methyl sites for hydroxylation is 1. The van der Waals surface area contributed by atoms with Gasteiger partial charge in [-0.1, -0.05) is 65.9 Å². The minimum absolute atomic E-state index is 0.0489. The number of hydrogen-bond donors (Lipinski definition) is 0. The van der Waals surface area contributed by atoms with Crippen LogP contribution >= 0.6 is 35.6 Å². The number of halogens is 1. The van der Waals surface area contributed by atoms with E-state index in [1.807, 2.05) is 37.3 Å². The minimum atomic E-state index is -0.379. The number of ether oxygens (including phenoxy) is 2. The van der Waals surface area contributed by atoms with Gasteiger partial charge in [-0.2, -0.15) is 4.98 Å². The number of thioether (sulfide) groups is 1. The van der Waals surface area contributed by atoms with Crippen molar-refractivity contribution >= 4 is 57.5 Å². The molecule has 0 radical (unpaired) electrons. The summed E-state index contributed by atoms with van der Waals surface area (Å²) in [4.78, 5) is 33.3. The van der Waals surface area contributed by atoms with E-state index in [1.165, 1.54) is 15.4 Å². The van der Waals surface area contributed by atoms with E-state index in [0.717, 1.165) is 28.6 Å². The van der Waals surface area contributed by atoms with Crippen LogP contribution in [0.15, 0.2) is 76.6 Å². The van der Waals surface area contributed by atoms with Gasteiger partial charge in [-0.25, -0.2) is 0 Å². The highest BCUT2D eigenvalue weighted by Gasteiger charge is 2.33. The Morgan fingerprint density at radius 3 is 2.57 bits per heavy atom. The Balaban J connectivity index is 1.56. The number of carbonyl (C=O) groups excluding carboxylic acids is 1. The molecule has 1 fully saturated rings. The van der Waals surface area contributed by atoms with E-state index in [2.05, 4.69) is 4.98 Å². The number of fused-ring (bicyclic) bond motifs is 1. The molecule has 2 aromatic heterocycles. The number of nitrogens with zero attached hydrogens (tertiary/aromatic N) is 3. The van der Waals surface area contributed by atoms with Gasteiger partial charge in [-0.15, -0.1) is 0 Å². The van der Waals surface area contributed by atoms with Gasteiger partial charge in [-0.3, -0.25) is 18.9 Å². The van der Waals surface area contributed by atoms with Crippen molar-refractivity contribution in [3.05, 3.63) is 104 Å². The molecule has 1 aliphatic heterocycles. The Morgan fingerprint density at radius 1 is 1.08 bits per heavy atom. The first-order valence-corrected chi connectivity index (χ1v) is 12.8. The van der Waals surface area contributed by atoms with E-state index < -0.39 is 0 Å². The molecule has 2 aromatic carbocycles. The summed E-state index contributed by atoms with van der Waals surface area (Å²) in [6.07, 6.45) is 3.12. The zero-order chi connectivity index (χ0) is 26.1. The maximum atomic E-state index is 13.6. The molecule has 37 heavy (non-hydrogen) atoms. The van der Waals surface area contributed by atoms with Crippen LogP contribution in [-0.4, -0.2) is 31.6 Å². The predicted octanol–water partition coefficient (Wildman–Crippen LogP) is 5.86. The lowest BCUT2D eigenvalue weighted by atomic mass is 10.2. The van der Waals surface area contributed by atoms with Crippen LogP contribution in [0.25, 0.3) is 11.7 Å². The van der Waals surface area contributed by atoms with Gasteiger partial charge >= 0.3 is 0 Å². The molecule has 0 bridgehead atoms. The summed E-state index contributed by atoms with van der Waals surface area (Å²) in [6, 6.07) is 17.9. The predicted molar refractivity (Wildman–Crippen MR) is 149 cm³/mol. The molecule has 0 atom stereocenters. The second-order valence-electron chi connectivity index (χ2n) is 8.17. The van der Waals surface area contributed by atoms with Crippen LogP contribution in [0.1, 0.15) is 16.7 Å². The second-order valence-corrected chi connectivity index (χ2v) is 10.3. The van der Waals surface area contributed by atoms with E-state index in [0.29, 0.717) is 32.2 Å². The third kappa shape index (κ3) is 4.98. The Bertz CT molecular complexity index is 1630. The van der Waals surface area contributed by atoms with Crippen LogP contribution in [0, 0.1) is 6.92 Å². The summed E-state index contributed by atoms with van der Waals surface area (Å²) in [7, 11) is 1.59. The van der Waals surface area contributed by atoms with E-state index >= 15 is 0 Å². The first kappa shape index (κ1) is 25.0. The van der Waals surface area contributed by atoms with Crippen LogP contribution in [0.4, 0.5) is 0 Å². The molecule has 0 aliphatic carbocycles. The standard InChI is InChI=1S/C27H20ClN3O4S2/c1-16-6-5-13-30-23(16)29-24(35-21-8-4-3-7-20(21)28)19(25(30)32)14-22-26(33)31(27(36)37-22)15-17-9-11-18(34-2)12-10-17/h3-14H,15H2,1-2H3/b22-14+. The maximum Gasteiger partial charge on any atom is 0.269 e. The van der Waals surface area contributed by atoms with E-state index in [9.17, 15) is 9.59 Å². The van der Waals surface area contributed by atoms with Gasteiger partial charge in [0.15, 0.2) is 0 Å². The topological polar surface area (TPSA) is 73.1 Å². The van der Waals surface area contributed by atoms with Crippen molar-refractivity contribution in [2.75, 3.05) is 7.11 Å². The molecule has 0 spiro atoms. The number of hydrogen-bond acceptors (Lipinski definition) is 7. The summed E-state index contributed by atoms with van der Waals surface area (Å²) in [6.45, 7) is 2.15. The Hall–Kier alpha value is -3.66. The Morgan fingerprint density at radius 2 is 1.84 bits per heavy atom. The van der Waals surface area contributed by atoms with Crippen LogP contribution < -0.4 is 15.0 Å². The molecule has 7 nitrogen and oxygen atoms in total. The van der Waals surface area contributed by atoms with E-state index in [1.54, 1.807) is 43.6 Å². The quantitative estimate of drug-likeness (QED) is 0.220. The highest BCUT2D eigenvalue weighted by Crippen LogP contribution is 2.36. The van der Waals surface area contributed by atoms with E-state index in [4.69, 9.17) is 33.3 Å². The van der Waals surface area contributed by atoms with Crippen LogP contribution in [0.5, 0.6) is 17.4 Å². The molecule has 0 saturated carbocycles. The summed E-state index contributed by atoms with van der Waals surface area (Å²) in [5, 5.41) is 0.367. The lowest BCUT2D eigenvalue weighted by Gasteiger charge is -2.15. The highest BCUT2D eigenvalue weighted by molar-refractivity contribution is 8.26. The van der Waals surface area contributed by atoms with Crippen LogP contribution in [0.3, 0.4) is 0 Å². The zero-order valence-electron chi connectivity index (χ0n) is 19.8. The van der Waals surface area contributed by atoms with Crippen molar-refractivity contribution in [1.29, 1.82) is 0 Å². The molecule has 4 aromatic rings. The Kier molecular flexibility index (Phi) is 7.01. The first-order chi connectivity index (χ1) is 17.9. The third-order valence-electron chi connectivity index (χ3n) is 5.74. The van der Waals surface area contributed by atoms with Gasteiger partial charge in [0.25, 0.3) is 11.5 Å². The minimum Gasteiger partial charge on any atom is -0.497 e. The third-order valence-corrected chi connectivity index (χ3v) is 7.43. The summed E-state index contributed by atoms with van der Waals surface area (Å²) in [5.74, 6) is 0.811. The number of pyridine rings is 1. The number of rotatable bonds is 6. The molecule has 1 saturated heterocycles. The normalized spacial score (nSPS) is 14.6. The largest absolute Gasteiger partial charge is 0.497 e. The van der Waals surface area contributed by atoms with Crippen molar-refractivity contribution in [3.63, 3.8) is 0 Å². The fraction of sp³-hybridized carbons (Fsp3) is 0.111. The number of benzene rings is 2. The van der Waals surface area contributed by atoms with Crippen molar-refractivity contribution in [2.45, 2.75) is 13.5 Å². The van der Waals surface area contributed by atoms with Gasteiger partial charge in [0.1, 0.15) is 27.0 Å². The number of methoxy groups -OCH3 is 1. The first-order valence-electron chi connectivity index (χ1n) is 11.2. The number of thiocarbonyl (C=S) groups is 1. The molecule has 0 unspecified atom stereocenters. The molecule has 1 aliphatic rings. The van der Waals surface area contributed by atoms with Crippen molar-refractivity contribution in [3.8, 4) is 17.4 Å². The fourth-order valence-electron chi connectivity index (χ4n) is 3.81. The molecular weight excluding hydrogens is 530 g/mol. The van der Waals surface area contributed by atoms with Crippen molar-refractivity contribution in [1.82, 2.24) is 14.3 Å². The molecule has 0 N–H and O–H groups in total. The van der Waals surface area contributed by atoms with Gasteiger partial charge in [-0.05, 0) is 54.5 Å². The van der Waals surface area contributed by atoms with E-state index in [-0.39, 0.29) is 22.9 Å². The molecule has 3 heterocycles. The van der Waals surface area contributed by atoms with Gasteiger partial charge in [0.05, 0.1) is 23.6 Å². The van der Waals surface area contributed by atoms with Gasteiger partial charge in [0.2, 0.25) is 5.88 Å². The SMILES string of the molecule is COc1ccc(CN2C(=O)/C(=C\c3c(Oc4ccccc4Cl)nc4c(C)cccn4c3=O)SC2=S)cc1. The molecule has 186 valence electrons. The number of aromatic nitrogens is 2. The van der Waals surface area contributed by atoms with Crippen molar-refractivity contribution < 1.29 is 14.3 Å². The smallest absolute Gasteiger partial charge is 0.269 e. The number of amides is 1. The summed E-state index contributed by atoms with van der Waals surface area (Å²) < 4.78 is 13.0. The second kappa shape index (κ2) is 10.4. The molecule has 1 amide bonds.